The molecule has 1 atom stereocenters. The first-order valence-electron chi connectivity index (χ1n) is 14.2. The third kappa shape index (κ3) is 8.02. The maximum atomic E-state index is 13.5. The largest absolute Gasteiger partial charge is 0.461 e. The molecule has 38 heavy (non-hydrogen) atoms. The van der Waals surface area contributed by atoms with Crippen LogP contribution in [-0.4, -0.2) is 40.7 Å². The Morgan fingerprint density at radius 1 is 1.05 bits per heavy atom. The van der Waals surface area contributed by atoms with Gasteiger partial charge in [-0.05, 0) is 84.6 Å². The van der Waals surface area contributed by atoms with E-state index < -0.39 is 11.7 Å². The molecule has 6 nitrogen and oxygen atoms in total. The normalized spacial score (nSPS) is 16.7. The van der Waals surface area contributed by atoms with Gasteiger partial charge >= 0.3 is 5.97 Å². The molecule has 0 aromatic carbocycles. The van der Waals surface area contributed by atoms with Crippen LogP contribution in [0.2, 0.25) is 0 Å². The van der Waals surface area contributed by atoms with Crippen molar-refractivity contribution in [3.63, 3.8) is 0 Å². The molecule has 1 saturated heterocycles. The summed E-state index contributed by atoms with van der Waals surface area (Å²) in [4.78, 5) is 25.5. The number of carbonyl (C=O) groups is 1. The molecule has 3 rings (SSSR count). The van der Waals surface area contributed by atoms with Gasteiger partial charge in [0.25, 0.3) is 0 Å². The van der Waals surface area contributed by atoms with Crippen LogP contribution in [0, 0.1) is 18.3 Å². The maximum absolute atomic E-state index is 13.5. The highest BCUT2D eigenvalue weighted by Gasteiger charge is 2.37. The summed E-state index contributed by atoms with van der Waals surface area (Å²) in [6.07, 6.45) is 6.98. The number of rotatable bonds is 9. The number of aromatic nitrogens is 2. The van der Waals surface area contributed by atoms with E-state index in [-0.39, 0.29) is 17.5 Å². The van der Waals surface area contributed by atoms with E-state index in [0.29, 0.717) is 5.92 Å². The van der Waals surface area contributed by atoms with E-state index in [1.165, 1.54) is 0 Å². The number of nitrogens with zero attached hydrogens (tertiary/aromatic N) is 3. The Labute approximate surface area is 230 Å². The molecule has 210 valence electrons. The average Bonchev–Trinajstić information content (AvgIpc) is 2.81. The van der Waals surface area contributed by atoms with Crippen LogP contribution in [0.1, 0.15) is 105 Å². The second kappa shape index (κ2) is 12.1. The summed E-state index contributed by atoms with van der Waals surface area (Å²) in [5.41, 5.74) is 5.40. The van der Waals surface area contributed by atoms with E-state index in [9.17, 15) is 4.79 Å². The smallest absolute Gasteiger partial charge is 0.340 e. The van der Waals surface area contributed by atoms with E-state index in [1.807, 2.05) is 53.9 Å². The second-order valence-electron chi connectivity index (χ2n) is 13.2. The number of ether oxygens (including phenoxy) is 2. The van der Waals surface area contributed by atoms with E-state index in [2.05, 4.69) is 44.7 Å². The minimum absolute atomic E-state index is 0.244. The van der Waals surface area contributed by atoms with Gasteiger partial charge < -0.3 is 14.4 Å². The Hall–Kier alpha value is -2.47. The van der Waals surface area contributed by atoms with Crippen LogP contribution in [0.4, 0.5) is 5.69 Å². The number of anilines is 1. The van der Waals surface area contributed by atoms with Gasteiger partial charge in [-0.15, -0.1) is 0 Å². The molecule has 3 heterocycles. The third-order valence-electron chi connectivity index (χ3n) is 7.13. The number of piperidine rings is 1. The van der Waals surface area contributed by atoms with Crippen LogP contribution in [-0.2, 0) is 20.7 Å². The molecule has 0 saturated carbocycles. The summed E-state index contributed by atoms with van der Waals surface area (Å²) in [6, 6.07) is 4.26. The van der Waals surface area contributed by atoms with Crippen LogP contribution in [0.5, 0.6) is 0 Å². The highest BCUT2D eigenvalue weighted by atomic mass is 16.6. The van der Waals surface area contributed by atoms with Gasteiger partial charge in [0.15, 0.2) is 6.10 Å². The summed E-state index contributed by atoms with van der Waals surface area (Å²) >= 11 is 0. The zero-order chi connectivity index (χ0) is 28.3. The summed E-state index contributed by atoms with van der Waals surface area (Å²) in [5, 5.41) is 0. The third-order valence-corrected chi connectivity index (χ3v) is 7.13. The zero-order valence-corrected chi connectivity index (χ0v) is 25.4. The van der Waals surface area contributed by atoms with Crippen molar-refractivity contribution in [3.05, 3.63) is 41.5 Å². The summed E-state index contributed by atoms with van der Waals surface area (Å²) in [5.74, 6) is 0.262. The molecule has 2 aromatic rings. The summed E-state index contributed by atoms with van der Waals surface area (Å²) < 4.78 is 12.2. The molecule has 1 fully saturated rings. The van der Waals surface area contributed by atoms with Gasteiger partial charge in [-0.2, -0.15) is 0 Å². The first kappa shape index (κ1) is 30.1. The Morgan fingerprint density at radius 2 is 1.71 bits per heavy atom. The SMILES string of the molecule is Cc1ncc(-c2ccc(CCC(C)C)nc2)c(N2CCC(C)(C)CC2)c1[C@H](OC(C)(C)C)C(=O)OC(C)C. The fraction of sp³-hybridized carbons (Fsp3) is 0.656. The molecule has 1 aliphatic heterocycles. The van der Waals surface area contributed by atoms with Crippen molar-refractivity contribution in [2.75, 3.05) is 18.0 Å². The fourth-order valence-corrected chi connectivity index (χ4v) is 4.85. The van der Waals surface area contributed by atoms with Gasteiger partial charge in [-0.25, -0.2) is 4.79 Å². The number of hydrogen-bond acceptors (Lipinski definition) is 6. The van der Waals surface area contributed by atoms with Gasteiger partial charge in [0, 0.05) is 53.6 Å². The monoisotopic (exact) mass is 523 g/mol. The zero-order valence-electron chi connectivity index (χ0n) is 25.4. The van der Waals surface area contributed by atoms with Crippen LogP contribution in [0.3, 0.4) is 0 Å². The molecule has 0 spiro atoms. The van der Waals surface area contributed by atoms with Gasteiger partial charge in [-0.1, -0.05) is 33.8 Å². The lowest BCUT2D eigenvalue weighted by Crippen LogP contribution is -2.39. The Morgan fingerprint density at radius 3 is 2.24 bits per heavy atom. The van der Waals surface area contributed by atoms with Gasteiger partial charge in [0.2, 0.25) is 0 Å². The molecule has 2 aromatic heterocycles. The molecule has 6 heteroatoms. The van der Waals surface area contributed by atoms with E-state index in [1.54, 1.807) is 0 Å². The molecule has 0 unspecified atom stereocenters. The number of pyridine rings is 2. The Balaban J connectivity index is 2.17. The van der Waals surface area contributed by atoms with Crippen molar-refractivity contribution in [1.82, 2.24) is 9.97 Å². The van der Waals surface area contributed by atoms with Crippen molar-refractivity contribution < 1.29 is 14.3 Å². The number of carbonyl (C=O) groups excluding carboxylic acids is 1. The maximum Gasteiger partial charge on any atom is 0.340 e. The lowest BCUT2D eigenvalue weighted by Gasteiger charge is -2.41. The van der Waals surface area contributed by atoms with Crippen LogP contribution >= 0.6 is 0 Å². The molecule has 0 amide bonds. The van der Waals surface area contributed by atoms with Crippen molar-refractivity contribution >= 4 is 11.7 Å². The topological polar surface area (TPSA) is 64.5 Å². The molecule has 0 N–H and O–H groups in total. The van der Waals surface area contributed by atoms with Crippen molar-refractivity contribution in [1.29, 1.82) is 0 Å². The van der Waals surface area contributed by atoms with Crippen LogP contribution in [0.15, 0.2) is 24.5 Å². The quantitative estimate of drug-likeness (QED) is 0.318. The fourth-order valence-electron chi connectivity index (χ4n) is 4.85. The van der Waals surface area contributed by atoms with E-state index in [4.69, 9.17) is 19.4 Å². The molecule has 1 aliphatic rings. The molecular weight excluding hydrogens is 474 g/mol. The molecule has 0 aliphatic carbocycles. The number of aryl methyl sites for hydroxylation is 2. The van der Waals surface area contributed by atoms with E-state index >= 15 is 0 Å². The highest BCUT2D eigenvalue weighted by Crippen LogP contribution is 2.43. The molecular formula is C32H49N3O3. The molecule has 0 radical (unpaired) electrons. The average molecular weight is 524 g/mol. The van der Waals surface area contributed by atoms with Crippen LogP contribution in [0.25, 0.3) is 11.1 Å². The second-order valence-corrected chi connectivity index (χ2v) is 13.2. The van der Waals surface area contributed by atoms with Crippen molar-refractivity contribution in [3.8, 4) is 11.1 Å². The lowest BCUT2D eigenvalue weighted by molar-refractivity contribution is -0.171. The highest BCUT2D eigenvalue weighted by molar-refractivity contribution is 5.87. The predicted octanol–water partition coefficient (Wildman–Crippen LogP) is 7.47. The van der Waals surface area contributed by atoms with Crippen molar-refractivity contribution in [2.24, 2.45) is 11.3 Å². The predicted molar refractivity (Wildman–Crippen MR) is 155 cm³/mol. The minimum Gasteiger partial charge on any atom is -0.461 e. The Bertz CT molecular complexity index is 1070. The van der Waals surface area contributed by atoms with Crippen molar-refractivity contribution in [2.45, 2.75) is 113 Å². The lowest BCUT2D eigenvalue weighted by atomic mass is 9.82. The number of esters is 1. The summed E-state index contributed by atoms with van der Waals surface area (Å²) in [7, 11) is 0. The van der Waals surface area contributed by atoms with E-state index in [0.717, 1.165) is 72.5 Å². The van der Waals surface area contributed by atoms with Gasteiger partial charge in [0.05, 0.1) is 17.4 Å². The Kier molecular flexibility index (Phi) is 9.62. The summed E-state index contributed by atoms with van der Waals surface area (Å²) in [6.45, 7) is 22.5. The van der Waals surface area contributed by atoms with Crippen LogP contribution < -0.4 is 4.90 Å². The first-order valence-corrected chi connectivity index (χ1v) is 14.2. The van der Waals surface area contributed by atoms with Gasteiger partial charge in [-0.3, -0.25) is 9.97 Å². The first-order chi connectivity index (χ1) is 17.7. The standard InChI is InChI=1S/C32H49N3O3/c1-21(2)11-13-25-14-12-24(19-34-25)26-20-33-23(5)27(28(26)35-17-15-32(9,10)16-18-35)29(38-31(6,7)8)30(36)37-22(3)4/h12,14,19-22,29H,11,13,15-18H2,1-10H3/t29-/m0/s1. The van der Waals surface area contributed by atoms with Gasteiger partial charge in [0.1, 0.15) is 0 Å². The molecule has 0 bridgehead atoms. The minimum atomic E-state index is -0.881. The number of hydrogen-bond donors (Lipinski definition) is 0.